The first-order valence-electron chi connectivity index (χ1n) is 5.51. The molecule has 0 aromatic heterocycles. The van der Waals surface area contributed by atoms with Crippen LogP contribution in [0.15, 0.2) is 12.2 Å². The molecule has 2 rings (SSSR count). The van der Waals surface area contributed by atoms with E-state index in [1.165, 1.54) is 38.5 Å². The first-order chi connectivity index (χ1) is 6.34. The van der Waals surface area contributed by atoms with Gasteiger partial charge in [-0.25, -0.2) is 0 Å². The highest BCUT2D eigenvalue weighted by molar-refractivity contribution is 4.95. The van der Waals surface area contributed by atoms with E-state index in [1.54, 1.807) is 0 Å². The highest BCUT2D eigenvalue weighted by atomic mass is 15.0. The molecule has 13 heavy (non-hydrogen) atoms. The largest absolute Gasteiger partial charge is 0.328 e. The van der Waals surface area contributed by atoms with E-state index in [9.17, 15) is 0 Å². The molecule has 0 aromatic carbocycles. The zero-order valence-electron chi connectivity index (χ0n) is 8.21. The van der Waals surface area contributed by atoms with Crippen LogP contribution in [0, 0.1) is 0 Å². The first-order valence-corrected chi connectivity index (χ1v) is 5.51. The first kappa shape index (κ1) is 9.22. The summed E-state index contributed by atoms with van der Waals surface area (Å²) >= 11 is 0. The molecular formula is C11H20N2. The van der Waals surface area contributed by atoms with Crippen LogP contribution in [0.3, 0.4) is 0 Å². The number of allylic oxidation sites excluding steroid dienone is 1. The lowest BCUT2D eigenvalue weighted by atomic mass is 10.0. The molecule has 74 valence electrons. The third kappa shape index (κ3) is 2.55. The molecule has 1 saturated carbocycles. The predicted octanol–water partition coefficient (Wildman–Crippen LogP) is 1.56. The quantitative estimate of drug-likeness (QED) is 0.633. The van der Waals surface area contributed by atoms with Crippen molar-refractivity contribution in [1.82, 2.24) is 5.32 Å². The van der Waals surface area contributed by atoms with Gasteiger partial charge in [0, 0.05) is 18.1 Å². The van der Waals surface area contributed by atoms with Crippen LogP contribution < -0.4 is 11.1 Å². The van der Waals surface area contributed by atoms with Crippen molar-refractivity contribution < 1.29 is 0 Å². The molecule has 0 aliphatic heterocycles. The van der Waals surface area contributed by atoms with E-state index in [4.69, 9.17) is 5.73 Å². The molecule has 0 heterocycles. The van der Waals surface area contributed by atoms with Gasteiger partial charge in [0.2, 0.25) is 0 Å². The van der Waals surface area contributed by atoms with E-state index in [2.05, 4.69) is 17.5 Å². The minimum atomic E-state index is 0.455. The predicted molar refractivity (Wildman–Crippen MR) is 55.5 cm³/mol. The fraction of sp³-hybridized carbons (Fsp3) is 0.818. The van der Waals surface area contributed by atoms with E-state index in [1.807, 2.05) is 0 Å². The molecule has 0 amide bonds. The van der Waals surface area contributed by atoms with E-state index in [-0.39, 0.29) is 0 Å². The summed E-state index contributed by atoms with van der Waals surface area (Å²) in [7, 11) is 0. The summed E-state index contributed by atoms with van der Waals surface area (Å²) in [6.07, 6.45) is 12.0. The van der Waals surface area contributed by atoms with Gasteiger partial charge in [0.25, 0.3) is 0 Å². The molecule has 0 bridgehead atoms. The molecule has 0 radical (unpaired) electrons. The van der Waals surface area contributed by atoms with Gasteiger partial charge < -0.3 is 11.1 Å². The van der Waals surface area contributed by atoms with Gasteiger partial charge in [-0.2, -0.15) is 0 Å². The highest BCUT2D eigenvalue weighted by Crippen LogP contribution is 2.20. The van der Waals surface area contributed by atoms with Gasteiger partial charge in [0.1, 0.15) is 0 Å². The number of hydrogen-bond donors (Lipinski definition) is 2. The van der Waals surface area contributed by atoms with Crippen LogP contribution in [-0.4, -0.2) is 18.1 Å². The lowest BCUT2D eigenvalue weighted by Crippen LogP contribution is -2.38. The smallest absolute Gasteiger partial charge is 0.0107 e. The van der Waals surface area contributed by atoms with Crippen molar-refractivity contribution in [3.8, 4) is 0 Å². The van der Waals surface area contributed by atoms with Gasteiger partial charge in [-0.1, -0.05) is 12.2 Å². The molecule has 2 heteroatoms. The number of nitrogens with two attached hydrogens (primary N) is 1. The van der Waals surface area contributed by atoms with Crippen molar-refractivity contribution in [1.29, 1.82) is 0 Å². The maximum absolute atomic E-state index is 5.88. The fourth-order valence-electron chi connectivity index (χ4n) is 2.45. The molecule has 0 aromatic rings. The third-order valence-corrected chi connectivity index (χ3v) is 3.21. The molecule has 3 unspecified atom stereocenters. The average Bonchev–Trinajstić information content (AvgIpc) is 2.53. The third-order valence-electron chi connectivity index (χ3n) is 3.21. The van der Waals surface area contributed by atoms with Gasteiger partial charge >= 0.3 is 0 Å². The fourth-order valence-corrected chi connectivity index (χ4v) is 2.45. The monoisotopic (exact) mass is 180 g/mol. The van der Waals surface area contributed by atoms with Crippen LogP contribution in [0.2, 0.25) is 0 Å². The van der Waals surface area contributed by atoms with Crippen molar-refractivity contribution in [3.63, 3.8) is 0 Å². The van der Waals surface area contributed by atoms with E-state index in [0.717, 1.165) is 6.04 Å². The summed E-state index contributed by atoms with van der Waals surface area (Å²) in [5, 5.41) is 3.72. The Balaban J connectivity index is 1.74. The Kier molecular flexibility index (Phi) is 3.01. The van der Waals surface area contributed by atoms with Crippen molar-refractivity contribution >= 4 is 0 Å². The topological polar surface area (TPSA) is 38.0 Å². The second-order valence-electron chi connectivity index (χ2n) is 4.42. The SMILES string of the molecule is NC1CCC(NC2CC=CCC2)C1. The summed E-state index contributed by atoms with van der Waals surface area (Å²) in [4.78, 5) is 0. The molecule has 1 fully saturated rings. The second kappa shape index (κ2) is 4.25. The van der Waals surface area contributed by atoms with Crippen molar-refractivity contribution in [2.45, 2.75) is 56.7 Å². The Bertz CT molecular complexity index is 189. The van der Waals surface area contributed by atoms with Crippen LogP contribution in [0.25, 0.3) is 0 Å². The molecular weight excluding hydrogens is 160 g/mol. The second-order valence-corrected chi connectivity index (χ2v) is 4.42. The molecule has 0 saturated heterocycles. The minimum Gasteiger partial charge on any atom is -0.328 e. The lowest BCUT2D eigenvalue weighted by Gasteiger charge is -2.23. The summed E-state index contributed by atoms with van der Waals surface area (Å²) < 4.78 is 0. The Hall–Kier alpha value is -0.340. The van der Waals surface area contributed by atoms with Gasteiger partial charge in [0.15, 0.2) is 0 Å². The normalized spacial score (nSPS) is 39.6. The highest BCUT2D eigenvalue weighted by Gasteiger charge is 2.23. The Morgan fingerprint density at radius 3 is 2.62 bits per heavy atom. The molecule has 0 spiro atoms. The average molecular weight is 180 g/mol. The Morgan fingerprint density at radius 2 is 2.00 bits per heavy atom. The summed E-state index contributed by atoms with van der Waals surface area (Å²) in [6.45, 7) is 0. The van der Waals surface area contributed by atoms with Crippen LogP contribution >= 0.6 is 0 Å². The maximum atomic E-state index is 5.88. The van der Waals surface area contributed by atoms with E-state index < -0.39 is 0 Å². The number of hydrogen-bond acceptors (Lipinski definition) is 2. The maximum Gasteiger partial charge on any atom is 0.0107 e. The zero-order chi connectivity index (χ0) is 9.10. The zero-order valence-corrected chi connectivity index (χ0v) is 8.21. The lowest BCUT2D eigenvalue weighted by molar-refractivity contribution is 0.403. The minimum absolute atomic E-state index is 0.455. The Labute approximate surface area is 80.6 Å². The summed E-state index contributed by atoms with van der Waals surface area (Å²) in [5.74, 6) is 0. The number of nitrogens with one attached hydrogen (secondary N) is 1. The van der Waals surface area contributed by atoms with Crippen LogP contribution in [-0.2, 0) is 0 Å². The van der Waals surface area contributed by atoms with Crippen molar-refractivity contribution in [2.24, 2.45) is 5.73 Å². The van der Waals surface area contributed by atoms with Gasteiger partial charge in [0.05, 0.1) is 0 Å². The number of rotatable bonds is 2. The summed E-state index contributed by atoms with van der Waals surface area (Å²) in [6, 6.07) is 1.88. The Morgan fingerprint density at radius 1 is 1.08 bits per heavy atom. The molecule has 2 aliphatic rings. The summed E-state index contributed by atoms with van der Waals surface area (Å²) in [5.41, 5.74) is 5.88. The van der Waals surface area contributed by atoms with Gasteiger partial charge in [-0.3, -0.25) is 0 Å². The molecule has 2 nitrogen and oxygen atoms in total. The molecule has 3 N–H and O–H groups in total. The van der Waals surface area contributed by atoms with Gasteiger partial charge in [-0.15, -0.1) is 0 Å². The van der Waals surface area contributed by atoms with Crippen LogP contribution in [0.5, 0.6) is 0 Å². The van der Waals surface area contributed by atoms with Gasteiger partial charge in [-0.05, 0) is 38.5 Å². The van der Waals surface area contributed by atoms with Crippen LogP contribution in [0.4, 0.5) is 0 Å². The van der Waals surface area contributed by atoms with E-state index in [0.29, 0.717) is 12.1 Å². The molecule has 3 atom stereocenters. The molecule has 2 aliphatic carbocycles. The van der Waals surface area contributed by atoms with Crippen molar-refractivity contribution in [2.75, 3.05) is 0 Å². The van der Waals surface area contributed by atoms with E-state index >= 15 is 0 Å². The van der Waals surface area contributed by atoms with Crippen molar-refractivity contribution in [3.05, 3.63) is 12.2 Å². The standard InChI is InChI=1S/C11H20N2/c12-9-6-7-11(8-9)13-10-4-2-1-3-5-10/h1-2,9-11,13H,3-8,12H2. The van der Waals surface area contributed by atoms with Crippen LogP contribution in [0.1, 0.15) is 38.5 Å².